The summed E-state index contributed by atoms with van der Waals surface area (Å²) in [4.78, 5) is 2.37. The molecule has 0 amide bonds. The highest BCUT2D eigenvalue weighted by atomic mass is 16.3. The largest absolute Gasteiger partial charge is 0.393 e. The molecule has 3 nitrogen and oxygen atoms in total. The number of aliphatic hydroxyl groups is 1. The first-order chi connectivity index (χ1) is 9.62. The summed E-state index contributed by atoms with van der Waals surface area (Å²) in [5, 5.41) is 14.2. The van der Waals surface area contributed by atoms with E-state index in [9.17, 15) is 5.11 Å². The molecule has 0 aromatic carbocycles. The average Bonchev–Trinajstić information content (AvgIpc) is 2.38. The number of likely N-dealkylation sites (tertiary alicyclic amines) is 1. The molecule has 4 bridgehead atoms. The Labute approximate surface area is 123 Å². The number of hydrogen-bond acceptors (Lipinski definition) is 3. The first-order valence-corrected chi connectivity index (χ1v) is 8.73. The van der Waals surface area contributed by atoms with Crippen molar-refractivity contribution in [3.05, 3.63) is 0 Å². The van der Waals surface area contributed by atoms with Crippen molar-refractivity contribution in [2.75, 3.05) is 26.7 Å². The molecule has 4 saturated carbocycles. The van der Waals surface area contributed by atoms with E-state index in [2.05, 4.69) is 17.3 Å². The van der Waals surface area contributed by atoms with Gasteiger partial charge in [-0.3, -0.25) is 0 Å². The molecule has 0 aromatic rings. The zero-order chi connectivity index (χ0) is 13.7. The minimum atomic E-state index is -0.0902. The lowest BCUT2D eigenvalue weighted by Crippen LogP contribution is -2.60. The number of rotatable bonds is 3. The second kappa shape index (κ2) is 4.96. The summed E-state index contributed by atoms with van der Waals surface area (Å²) in [6.45, 7) is 3.13. The van der Waals surface area contributed by atoms with Gasteiger partial charge in [0.2, 0.25) is 0 Å². The first-order valence-electron chi connectivity index (χ1n) is 8.73. The van der Waals surface area contributed by atoms with Gasteiger partial charge in [-0.25, -0.2) is 0 Å². The number of piperidine rings is 1. The number of hydrogen-bond donors (Lipinski definition) is 2. The quantitative estimate of drug-likeness (QED) is 0.827. The molecule has 1 saturated heterocycles. The van der Waals surface area contributed by atoms with Crippen LogP contribution in [0.3, 0.4) is 0 Å². The van der Waals surface area contributed by atoms with Crippen LogP contribution in [-0.4, -0.2) is 48.3 Å². The van der Waals surface area contributed by atoms with Crippen LogP contribution in [0, 0.1) is 23.7 Å². The van der Waals surface area contributed by atoms with Gasteiger partial charge in [-0.05, 0) is 69.7 Å². The lowest BCUT2D eigenvalue weighted by molar-refractivity contribution is -0.0297. The Kier molecular flexibility index (Phi) is 3.36. The van der Waals surface area contributed by atoms with Crippen molar-refractivity contribution in [2.24, 2.45) is 23.7 Å². The van der Waals surface area contributed by atoms with Crippen molar-refractivity contribution in [1.29, 1.82) is 0 Å². The van der Waals surface area contributed by atoms with Gasteiger partial charge in [-0.2, -0.15) is 0 Å². The van der Waals surface area contributed by atoms with Crippen LogP contribution < -0.4 is 5.32 Å². The summed E-state index contributed by atoms with van der Waals surface area (Å²) in [5.74, 6) is 3.45. The van der Waals surface area contributed by atoms with Crippen LogP contribution in [0.2, 0.25) is 0 Å². The van der Waals surface area contributed by atoms with E-state index in [0.717, 1.165) is 43.8 Å². The maximum atomic E-state index is 10.2. The highest BCUT2D eigenvalue weighted by molar-refractivity contribution is 5.06. The molecule has 4 aliphatic carbocycles. The predicted octanol–water partition coefficient (Wildman–Crippen LogP) is 1.86. The lowest BCUT2D eigenvalue weighted by Gasteiger charge is -2.57. The summed E-state index contributed by atoms with van der Waals surface area (Å²) in [6.07, 6.45) is 9.63. The van der Waals surface area contributed by atoms with Crippen LogP contribution in [0.15, 0.2) is 0 Å². The molecular weight excluding hydrogens is 248 g/mol. The third-order valence-corrected chi connectivity index (χ3v) is 6.67. The molecule has 0 radical (unpaired) electrons. The molecule has 20 heavy (non-hydrogen) atoms. The Morgan fingerprint density at radius 3 is 2.30 bits per heavy atom. The molecule has 114 valence electrons. The maximum absolute atomic E-state index is 10.2. The zero-order valence-electron chi connectivity index (χ0n) is 12.9. The van der Waals surface area contributed by atoms with Crippen molar-refractivity contribution in [3.63, 3.8) is 0 Å². The fraction of sp³-hybridized carbons (Fsp3) is 1.00. The van der Waals surface area contributed by atoms with Crippen molar-refractivity contribution < 1.29 is 5.11 Å². The summed E-state index contributed by atoms with van der Waals surface area (Å²) in [6, 6.07) is 0. The first kappa shape index (κ1) is 13.5. The monoisotopic (exact) mass is 278 g/mol. The van der Waals surface area contributed by atoms with Gasteiger partial charge in [0.05, 0.1) is 6.10 Å². The van der Waals surface area contributed by atoms with Gasteiger partial charge in [0, 0.05) is 31.1 Å². The topological polar surface area (TPSA) is 35.5 Å². The van der Waals surface area contributed by atoms with E-state index in [-0.39, 0.29) is 6.10 Å². The molecule has 1 heterocycles. The fourth-order valence-electron chi connectivity index (χ4n) is 6.08. The van der Waals surface area contributed by atoms with Gasteiger partial charge in [0.25, 0.3) is 0 Å². The van der Waals surface area contributed by atoms with Crippen LogP contribution >= 0.6 is 0 Å². The molecule has 2 N–H and O–H groups in total. The van der Waals surface area contributed by atoms with Crippen molar-refractivity contribution in [3.8, 4) is 0 Å². The SMILES string of the molecule is CN1CC[C@@H](O)[C@@H](CNC23CC4CC(CC(C4)C2)C3)C1. The number of nitrogens with zero attached hydrogens (tertiary/aromatic N) is 1. The molecule has 5 aliphatic rings. The third kappa shape index (κ3) is 2.42. The van der Waals surface area contributed by atoms with Crippen molar-refractivity contribution in [1.82, 2.24) is 10.2 Å². The number of aliphatic hydroxyl groups excluding tert-OH is 1. The van der Waals surface area contributed by atoms with E-state index < -0.39 is 0 Å². The molecule has 3 heteroatoms. The smallest absolute Gasteiger partial charge is 0.0605 e. The third-order valence-electron chi connectivity index (χ3n) is 6.67. The minimum absolute atomic E-state index is 0.0902. The average molecular weight is 278 g/mol. The highest BCUT2D eigenvalue weighted by Gasteiger charge is 2.50. The van der Waals surface area contributed by atoms with Crippen LogP contribution in [0.5, 0.6) is 0 Å². The van der Waals surface area contributed by atoms with Gasteiger partial charge >= 0.3 is 0 Å². The highest BCUT2D eigenvalue weighted by Crippen LogP contribution is 2.55. The summed E-state index contributed by atoms with van der Waals surface area (Å²) < 4.78 is 0. The number of nitrogens with one attached hydrogen (secondary N) is 1. The molecular formula is C17H30N2O. The van der Waals surface area contributed by atoms with E-state index in [0.29, 0.717) is 11.5 Å². The Bertz CT molecular complexity index is 335. The molecule has 0 unspecified atom stereocenters. The normalized spacial score (nSPS) is 51.6. The molecule has 1 aliphatic heterocycles. The second-order valence-electron chi connectivity index (χ2n) is 8.46. The maximum Gasteiger partial charge on any atom is 0.0605 e. The summed E-state index contributed by atoms with van der Waals surface area (Å²) in [5.41, 5.74) is 0.449. The van der Waals surface area contributed by atoms with E-state index in [1.165, 1.54) is 38.5 Å². The Hall–Kier alpha value is -0.120. The van der Waals surface area contributed by atoms with Crippen LogP contribution in [0.1, 0.15) is 44.9 Å². The van der Waals surface area contributed by atoms with Gasteiger partial charge in [-0.1, -0.05) is 0 Å². The predicted molar refractivity (Wildman–Crippen MR) is 80.5 cm³/mol. The van der Waals surface area contributed by atoms with Crippen LogP contribution in [0.4, 0.5) is 0 Å². The zero-order valence-corrected chi connectivity index (χ0v) is 12.9. The second-order valence-corrected chi connectivity index (χ2v) is 8.46. The molecule has 2 atom stereocenters. The Balaban J connectivity index is 1.39. The minimum Gasteiger partial charge on any atom is -0.393 e. The fourth-order valence-corrected chi connectivity index (χ4v) is 6.08. The van der Waals surface area contributed by atoms with Gasteiger partial charge < -0.3 is 15.3 Å². The Morgan fingerprint density at radius 1 is 1.10 bits per heavy atom. The molecule has 0 spiro atoms. The molecule has 5 fully saturated rings. The summed E-state index contributed by atoms with van der Waals surface area (Å²) in [7, 11) is 2.18. The molecule has 5 rings (SSSR count). The molecule has 0 aromatic heterocycles. The van der Waals surface area contributed by atoms with Crippen molar-refractivity contribution >= 4 is 0 Å². The van der Waals surface area contributed by atoms with E-state index in [1.54, 1.807) is 0 Å². The van der Waals surface area contributed by atoms with Crippen LogP contribution in [0.25, 0.3) is 0 Å². The van der Waals surface area contributed by atoms with Gasteiger partial charge in [0.15, 0.2) is 0 Å². The van der Waals surface area contributed by atoms with E-state index in [1.807, 2.05) is 0 Å². The van der Waals surface area contributed by atoms with Crippen LogP contribution in [-0.2, 0) is 0 Å². The standard InChI is InChI=1S/C17H30N2O/c1-19-3-2-16(20)15(11-19)10-18-17-7-12-4-13(8-17)6-14(5-12)9-17/h12-16,18,20H,2-11H2,1H3/t12?,13?,14?,15-,16+,17?/m0/s1. The summed E-state index contributed by atoms with van der Waals surface area (Å²) >= 11 is 0. The van der Waals surface area contributed by atoms with E-state index in [4.69, 9.17) is 0 Å². The lowest BCUT2D eigenvalue weighted by atomic mass is 9.53. The Morgan fingerprint density at radius 2 is 1.70 bits per heavy atom. The van der Waals surface area contributed by atoms with E-state index >= 15 is 0 Å². The van der Waals surface area contributed by atoms with Gasteiger partial charge in [0.1, 0.15) is 0 Å². The van der Waals surface area contributed by atoms with Gasteiger partial charge in [-0.15, -0.1) is 0 Å². The van der Waals surface area contributed by atoms with Crippen molar-refractivity contribution in [2.45, 2.75) is 56.6 Å².